The second-order valence-corrected chi connectivity index (χ2v) is 8.39. The van der Waals surface area contributed by atoms with Gasteiger partial charge in [0.2, 0.25) is 0 Å². The van der Waals surface area contributed by atoms with Gasteiger partial charge in [0.1, 0.15) is 0 Å². The molecule has 4 rings (SSSR count). The van der Waals surface area contributed by atoms with Crippen LogP contribution >= 0.6 is 11.6 Å². The second kappa shape index (κ2) is 8.89. The molecule has 6 heteroatoms. The molecule has 0 saturated carbocycles. The third kappa shape index (κ3) is 4.25. The molecule has 1 aliphatic carbocycles. The van der Waals surface area contributed by atoms with Gasteiger partial charge in [-0.3, -0.25) is 4.79 Å². The first-order valence-electron chi connectivity index (χ1n) is 10.4. The number of nitrogen functional groups attached to an aromatic ring is 1. The zero-order valence-electron chi connectivity index (χ0n) is 18.2. The molecule has 0 atom stereocenters. The Labute approximate surface area is 193 Å². The number of carbonyl (C=O) groups excluding carboxylic acids is 1. The van der Waals surface area contributed by atoms with Crippen molar-refractivity contribution in [1.29, 1.82) is 0 Å². The Morgan fingerprint density at radius 3 is 2.53 bits per heavy atom. The number of hydrazone groups is 1. The summed E-state index contributed by atoms with van der Waals surface area (Å²) in [6.45, 7) is 7.98. The lowest BCUT2D eigenvalue weighted by Crippen LogP contribution is -2.20. The number of aryl methyl sites for hydroxylation is 2. The molecular weight excluding hydrogens is 420 g/mol. The van der Waals surface area contributed by atoms with E-state index in [1.165, 1.54) is 16.7 Å². The quantitative estimate of drug-likeness (QED) is 0.276. The van der Waals surface area contributed by atoms with E-state index in [-0.39, 0.29) is 5.91 Å². The largest absolute Gasteiger partial charge is 0.399 e. The van der Waals surface area contributed by atoms with Gasteiger partial charge in [0.25, 0.3) is 5.91 Å². The Balaban J connectivity index is 1.71. The Morgan fingerprint density at radius 2 is 1.81 bits per heavy atom. The minimum Gasteiger partial charge on any atom is -0.399 e. The molecule has 0 aromatic heterocycles. The smallest absolute Gasteiger partial charge is 0.257 e. The number of allylic oxidation sites excluding steroid dienone is 1. The lowest BCUT2D eigenvalue weighted by molar-refractivity contribution is 0.102. The van der Waals surface area contributed by atoms with Crippen molar-refractivity contribution < 1.29 is 4.79 Å². The summed E-state index contributed by atoms with van der Waals surface area (Å²) >= 11 is 6.20. The van der Waals surface area contributed by atoms with Gasteiger partial charge in [0.15, 0.2) is 0 Å². The molecule has 162 valence electrons. The molecule has 0 fully saturated rings. The molecule has 0 heterocycles. The van der Waals surface area contributed by atoms with Crippen LogP contribution in [0.1, 0.15) is 40.4 Å². The maximum Gasteiger partial charge on any atom is 0.257 e. The number of anilines is 3. The third-order valence-corrected chi connectivity index (χ3v) is 5.99. The van der Waals surface area contributed by atoms with Crippen LogP contribution in [0.3, 0.4) is 0 Å². The number of nitrogens with one attached hydrogen (secondary N) is 1. The number of benzene rings is 3. The van der Waals surface area contributed by atoms with Crippen LogP contribution in [-0.4, -0.2) is 12.6 Å². The predicted octanol–water partition coefficient (Wildman–Crippen LogP) is 6.28. The molecule has 3 aromatic carbocycles. The standard InChI is InChI=1S/C26H25ClN4O/c1-16-4-11-21(12-5-16)31(29-3)25-17(2)6-7-18-8-10-20(15-22(18)25)30-26(32)23-14-19(28)9-13-24(23)27/h4-5,8-15H,3,6-7,28H2,1-2H3,(H,30,32). The first-order valence-corrected chi connectivity index (χ1v) is 10.8. The molecule has 32 heavy (non-hydrogen) atoms. The third-order valence-electron chi connectivity index (χ3n) is 5.66. The van der Waals surface area contributed by atoms with Crippen LogP contribution in [0.25, 0.3) is 5.70 Å². The molecule has 0 saturated heterocycles. The number of nitrogens with two attached hydrogens (primary N) is 1. The topological polar surface area (TPSA) is 70.7 Å². The summed E-state index contributed by atoms with van der Waals surface area (Å²) in [4.78, 5) is 12.8. The highest BCUT2D eigenvalue weighted by Gasteiger charge is 2.23. The van der Waals surface area contributed by atoms with Crippen LogP contribution in [0, 0.1) is 6.92 Å². The van der Waals surface area contributed by atoms with E-state index < -0.39 is 0 Å². The predicted molar refractivity (Wildman–Crippen MR) is 134 cm³/mol. The highest BCUT2D eigenvalue weighted by Crippen LogP contribution is 2.38. The molecule has 1 amide bonds. The van der Waals surface area contributed by atoms with E-state index in [1.807, 2.05) is 29.3 Å². The van der Waals surface area contributed by atoms with E-state index in [2.05, 4.69) is 49.2 Å². The maximum atomic E-state index is 12.8. The Bertz CT molecular complexity index is 1230. The molecule has 3 aromatic rings. The van der Waals surface area contributed by atoms with Crippen LogP contribution in [-0.2, 0) is 6.42 Å². The maximum absolute atomic E-state index is 12.8. The van der Waals surface area contributed by atoms with Gasteiger partial charge >= 0.3 is 0 Å². The molecule has 1 aliphatic rings. The summed E-state index contributed by atoms with van der Waals surface area (Å²) in [5, 5.41) is 9.50. The van der Waals surface area contributed by atoms with Crippen molar-refractivity contribution in [2.45, 2.75) is 26.7 Å². The summed E-state index contributed by atoms with van der Waals surface area (Å²) < 4.78 is 0. The van der Waals surface area contributed by atoms with Gasteiger partial charge in [-0.05, 0) is 80.3 Å². The lowest BCUT2D eigenvalue weighted by atomic mass is 9.89. The minimum absolute atomic E-state index is 0.308. The summed E-state index contributed by atoms with van der Waals surface area (Å²) in [7, 11) is 0. The molecule has 5 nitrogen and oxygen atoms in total. The van der Waals surface area contributed by atoms with Gasteiger partial charge < -0.3 is 11.1 Å². The van der Waals surface area contributed by atoms with Crippen LogP contribution in [0.4, 0.5) is 17.1 Å². The molecule has 0 aliphatic heterocycles. The summed E-state index contributed by atoms with van der Waals surface area (Å²) in [5.74, 6) is -0.308. The second-order valence-electron chi connectivity index (χ2n) is 7.98. The molecule has 0 radical (unpaired) electrons. The molecular formula is C26H25ClN4O. The van der Waals surface area contributed by atoms with Crippen LogP contribution in [0.15, 0.2) is 71.3 Å². The summed E-state index contributed by atoms with van der Waals surface area (Å²) in [6.07, 6.45) is 1.86. The number of nitrogens with zero attached hydrogens (tertiary/aromatic N) is 2. The fraction of sp³-hybridized carbons (Fsp3) is 0.154. The van der Waals surface area contributed by atoms with E-state index in [9.17, 15) is 4.79 Å². The SMILES string of the molecule is C=NN(C1=C(C)CCc2ccc(NC(=O)c3cc(N)ccc3Cl)cc21)c1ccc(C)cc1. The van der Waals surface area contributed by atoms with Crippen molar-refractivity contribution in [1.82, 2.24) is 0 Å². The first-order chi connectivity index (χ1) is 15.4. The van der Waals surface area contributed by atoms with Crippen LogP contribution < -0.4 is 16.1 Å². The summed E-state index contributed by atoms with van der Waals surface area (Å²) in [5.41, 5.74) is 13.9. The Kier molecular flexibility index (Phi) is 6.01. The first kappa shape index (κ1) is 21.7. The number of hydrogen-bond acceptors (Lipinski definition) is 4. The normalized spacial score (nSPS) is 12.8. The number of rotatable bonds is 5. The summed E-state index contributed by atoms with van der Waals surface area (Å²) in [6, 6.07) is 19.0. The highest BCUT2D eigenvalue weighted by atomic mass is 35.5. The zero-order valence-corrected chi connectivity index (χ0v) is 18.9. The fourth-order valence-electron chi connectivity index (χ4n) is 3.94. The van der Waals surface area contributed by atoms with E-state index >= 15 is 0 Å². The molecule has 0 bridgehead atoms. The van der Waals surface area contributed by atoms with Gasteiger partial charge in [0.05, 0.1) is 22.0 Å². The van der Waals surface area contributed by atoms with Crippen molar-refractivity contribution in [2.75, 3.05) is 16.1 Å². The van der Waals surface area contributed by atoms with Crippen molar-refractivity contribution in [3.8, 4) is 0 Å². The average molecular weight is 445 g/mol. The molecule has 0 unspecified atom stereocenters. The van der Waals surface area contributed by atoms with Crippen LogP contribution in [0.5, 0.6) is 0 Å². The van der Waals surface area contributed by atoms with E-state index in [0.717, 1.165) is 29.8 Å². The van der Waals surface area contributed by atoms with E-state index in [4.69, 9.17) is 17.3 Å². The molecule has 0 spiro atoms. The zero-order chi connectivity index (χ0) is 22.8. The van der Waals surface area contributed by atoms with Crippen molar-refractivity contribution in [3.05, 3.63) is 93.5 Å². The average Bonchev–Trinajstić information content (AvgIpc) is 2.78. The van der Waals surface area contributed by atoms with Crippen molar-refractivity contribution >= 4 is 47.0 Å². The van der Waals surface area contributed by atoms with Crippen molar-refractivity contribution in [3.63, 3.8) is 0 Å². The number of carbonyl (C=O) groups is 1. The van der Waals surface area contributed by atoms with Gasteiger partial charge in [-0.2, -0.15) is 5.10 Å². The molecule has 3 N–H and O–H groups in total. The Hall–Kier alpha value is -3.57. The Morgan fingerprint density at radius 1 is 1.06 bits per heavy atom. The van der Waals surface area contributed by atoms with Gasteiger partial charge in [0, 0.05) is 23.7 Å². The van der Waals surface area contributed by atoms with Gasteiger partial charge in [-0.25, -0.2) is 5.01 Å². The van der Waals surface area contributed by atoms with E-state index in [1.54, 1.807) is 18.2 Å². The number of amides is 1. The van der Waals surface area contributed by atoms with Gasteiger partial charge in [-0.15, -0.1) is 0 Å². The number of halogens is 1. The van der Waals surface area contributed by atoms with Crippen LogP contribution in [0.2, 0.25) is 5.02 Å². The number of hydrogen-bond donors (Lipinski definition) is 2. The lowest BCUT2D eigenvalue weighted by Gasteiger charge is -2.29. The van der Waals surface area contributed by atoms with Crippen molar-refractivity contribution in [2.24, 2.45) is 5.10 Å². The fourth-order valence-corrected chi connectivity index (χ4v) is 4.14. The van der Waals surface area contributed by atoms with E-state index in [0.29, 0.717) is 22.0 Å². The highest BCUT2D eigenvalue weighted by molar-refractivity contribution is 6.34. The minimum atomic E-state index is -0.308. The van der Waals surface area contributed by atoms with Gasteiger partial charge in [-0.1, -0.05) is 35.4 Å². The monoisotopic (exact) mass is 444 g/mol. The number of fused-ring (bicyclic) bond motifs is 1.